The van der Waals surface area contributed by atoms with Gasteiger partial charge in [0, 0.05) is 11.0 Å². The van der Waals surface area contributed by atoms with Crippen LogP contribution in [0.1, 0.15) is 19.5 Å². The molecule has 0 saturated carbocycles. The van der Waals surface area contributed by atoms with Gasteiger partial charge in [-0.15, -0.1) is 0 Å². The molecule has 0 amide bonds. The van der Waals surface area contributed by atoms with Gasteiger partial charge in [0.15, 0.2) is 0 Å². The van der Waals surface area contributed by atoms with Crippen molar-refractivity contribution < 1.29 is 23.5 Å². The summed E-state index contributed by atoms with van der Waals surface area (Å²) >= 11 is 0. The molecule has 8 heteroatoms. The molecule has 0 bridgehead atoms. The van der Waals surface area contributed by atoms with Crippen molar-refractivity contribution in [3.05, 3.63) is 51.8 Å². The van der Waals surface area contributed by atoms with E-state index < -0.39 is 17.5 Å². The van der Waals surface area contributed by atoms with Gasteiger partial charge < -0.3 is 19.4 Å². The minimum absolute atomic E-state index is 0.0478. The number of rotatable bonds is 5. The molecule has 0 aliphatic heterocycles. The number of hydrogen-bond donors (Lipinski definition) is 0. The normalized spacial score (nSPS) is 10.2. The lowest BCUT2D eigenvalue weighted by molar-refractivity contribution is -0.464. The van der Waals surface area contributed by atoms with Crippen molar-refractivity contribution in [2.45, 2.75) is 13.8 Å². The summed E-state index contributed by atoms with van der Waals surface area (Å²) < 4.78 is 10.5. The van der Waals surface area contributed by atoms with Crippen molar-refractivity contribution in [2.24, 2.45) is 0 Å². The van der Waals surface area contributed by atoms with E-state index in [1.165, 1.54) is 12.1 Å². The standard InChI is InChI=1S/C16H16N2O6/c1-3-23-15(19)12(16(20)24-4-2)9-11-10-17(21)13-7-5-6-8-14(13)18(11)22/h5-10H,3-4H2,1-2H3. The fourth-order valence-electron chi connectivity index (χ4n) is 2.07. The van der Waals surface area contributed by atoms with E-state index in [1.807, 2.05) is 0 Å². The van der Waals surface area contributed by atoms with Crippen LogP contribution in [0.25, 0.3) is 17.1 Å². The molecule has 8 nitrogen and oxygen atoms in total. The number of fused-ring (bicyclic) bond motifs is 1. The predicted molar refractivity (Wildman–Crippen MR) is 85.3 cm³/mol. The molecular weight excluding hydrogens is 316 g/mol. The van der Waals surface area contributed by atoms with Gasteiger partial charge in [-0.25, -0.2) is 9.59 Å². The van der Waals surface area contributed by atoms with Crippen LogP contribution in [0.4, 0.5) is 0 Å². The van der Waals surface area contributed by atoms with Gasteiger partial charge in [-0.2, -0.15) is 0 Å². The van der Waals surface area contributed by atoms with E-state index in [0.29, 0.717) is 9.16 Å². The Labute approximate surface area is 137 Å². The topological polar surface area (TPSA) is 104 Å². The molecule has 0 atom stereocenters. The first-order valence-corrected chi connectivity index (χ1v) is 7.30. The Kier molecular flexibility index (Phi) is 5.31. The Hall–Kier alpha value is -3.16. The van der Waals surface area contributed by atoms with E-state index >= 15 is 0 Å². The van der Waals surface area contributed by atoms with E-state index in [2.05, 4.69) is 0 Å². The maximum atomic E-state index is 12.4. The van der Waals surface area contributed by atoms with Gasteiger partial charge in [0.25, 0.3) is 11.7 Å². The SMILES string of the molecule is CCOC(=O)C(=Cc1c[n+](=O)c2ccccc2n1[O-])C(=O)OCC. The van der Waals surface area contributed by atoms with Crippen molar-refractivity contribution in [2.75, 3.05) is 13.2 Å². The minimum Gasteiger partial charge on any atom is -0.805 e. The number of aromatic nitrogens is 2. The first-order chi connectivity index (χ1) is 11.5. The lowest BCUT2D eigenvalue weighted by Gasteiger charge is -2.15. The Morgan fingerprint density at radius 2 is 1.75 bits per heavy atom. The fourth-order valence-corrected chi connectivity index (χ4v) is 2.07. The minimum atomic E-state index is -0.929. The summed E-state index contributed by atoms with van der Waals surface area (Å²) in [4.78, 5) is 35.9. The van der Waals surface area contributed by atoms with E-state index in [1.54, 1.807) is 26.0 Å². The Bertz CT molecular complexity index is 848. The quantitative estimate of drug-likeness (QED) is 0.270. The highest BCUT2D eigenvalue weighted by Gasteiger charge is 2.22. The molecule has 0 saturated heterocycles. The summed E-state index contributed by atoms with van der Waals surface area (Å²) in [7, 11) is 0. The molecule has 0 aliphatic carbocycles. The van der Waals surface area contributed by atoms with Gasteiger partial charge in [0.05, 0.1) is 17.6 Å². The zero-order chi connectivity index (χ0) is 17.7. The molecule has 0 aliphatic rings. The molecule has 2 rings (SSSR count). The number of benzene rings is 1. The van der Waals surface area contributed by atoms with Gasteiger partial charge in [0.1, 0.15) is 16.8 Å². The summed E-state index contributed by atoms with van der Waals surface area (Å²) in [6.07, 6.45) is 1.97. The molecule has 2 aromatic rings. The number of esters is 2. The zero-order valence-corrected chi connectivity index (χ0v) is 13.2. The third-order valence-electron chi connectivity index (χ3n) is 3.10. The highest BCUT2D eigenvalue weighted by atomic mass is 16.6. The summed E-state index contributed by atoms with van der Waals surface area (Å²) in [5.41, 5.74) is -0.370. The number of carbonyl (C=O) groups excluding carboxylic acids is 2. The molecule has 24 heavy (non-hydrogen) atoms. The Balaban J connectivity index is 2.62. The molecule has 1 aromatic heterocycles. The fraction of sp³-hybridized carbons (Fsp3) is 0.250. The van der Waals surface area contributed by atoms with E-state index in [9.17, 15) is 19.7 Å². The summed E-state index contributed by atoms with van der Waals surface area (Å²) in [6, 6.07) is 6.17. The third kappa shape index (κ3) is 3.43. The number of para-hydroxylation sites is 2. The maximum Gasteiger partial charge on any atom is 0.345 e. The molecule has 0 unspecified atom stereocenters. The molecule has 1 heterocycles. The maximum absolute atomic E-state index is 12.4. The van der Waals surface area contributed by atoms with Gasteiger partial charge in [-0.1, -0.05) is 12.1 Å². The number of carbonyl (C=O) groups is 2. The highest BCUT2D eigenvalue weighted by Crippen LogP contribution is 2.14. The monoisotopic (exact) mass is 332 g/mol. The zero-order valence-electron chi connectivity index (χ0n) is 13.2. The molecule has 0 fully saturated rings. The van der Waals surface area contributed by atoms with E-state index in [-0.39, 0.29) is 29.9 Å². The average Bonchev–Trinajstić information content (AvgIpc) is 2.57. The summed E-state index contributed by atoms with van der Waals surface area (Å²) in [5, 5.41) is 12.4. The van der Waals surface area contributed by atoms with Crippen molar-refractivity contribution in [3.63, 3.8) is 0 Å². The average molecular weight is 332 g/mol. The lowest BCUT2D eigenvalue weighted by atomic mass is 10.2. The first kappa shape index (κ1) is 17.2. The number of ether oxygens (including phenoxy) is 2. The highest BCUT2D eigenvalue weighted by molar-refractivity contribution is 6.17. The van der Waals surface area contributed by atoms with Crippen molar-refractivity contribution >= 4 is 29.0 Å². The van der Waals surface area contributed by atoms with Crippen LogP contribution in [0.2, 0.25) is 0 Å². The van der Waals surface area contributed by atoms with Crippen LogP contribution in [0, 0.1) is 10.1 Å². The second kappa shape index (κ2) is 7.40. The molecule has 0 N–H and O–H groups in total. The van der Waals surface area contributed by atoms with Gasteiger partial charge in [-0.05, 0) is 26.0 Å². The van der Waals surface area contributed by atoms with Crippen LogP contribution in [-0.2, 0) is 19.1 Å². The van der Waals surface area contributed by atoms with Crippen LogP contribution >= 0.6 is 0 Å². The third-order valence-corrected chi connectivity index (χ3v) is 3.10. The van der Waals surface area contributed by atoms with Crippen LogP contribution in [-0.4, -0.2) is 29.9 Å². The van der Waals surface area contributed by atoms with E-state index in [0.717, 1.165) is 12.3 Å². The van der Waals surface area contributed by atoms with Crippen LogP contribution in [0.3, 0.4) is 0 Å². The first-order valence-electron chi connectivity index (χ1n) is 7.30. The van der Waals surface area contributed by atoms with Crippen molar-refractivity contribution in [3.8, 4) is 0 Å². The van der Waals surface area contributed by atoms with Crippen LogP contribution in [0.15, 0.2) is 36.0 Å². The summed E-state index contributed by atoms with van der Waals surface area (Å²) in [6.45, 7) is 3.25. The Morgan fingerprint density at radius 1 is 1.17 bits per heavy atom. The molecule has 1 aromatic carbocycles. The number of hydrogen-bond acceptors (Lipinski definition) is 6. The van der Waals surface area contributed by atoms with Gasteiger partial charge >= 0.3 is 11.9 Å². The van der Waals surface area contributed by atoms with Crippen molar-refractivity contribution in [1.29, 1.82) is 0 Å². The second-order valence-corrected chi connectivity index (χ2v) is 4.66. The van der Waals surface area contributed by atoms with Gasteiger partial charge in [0.2, 0.25) is 0 Å². The largest absolute Gasteiger partial charge is 0.805 e. The molecular formula is C16H16N2O6. The molecule has 126 valence electrons. The Morgan fingerprint density at radius 3 is 2.33 bits per heavy atom. The smallest absolute Gasteiger partial charge is 0.345 e. The molecule has 0 spiro atoms. The summed E-state index contributed by atoms with van der Waals surface area (Å²) in [5.74, 6) is -1.86. The van der Waals surface area contributed by atoms with Gasteiger partial charge in [-0.3, -0.25) is 0 Å². The van der Waals surface area contributed by atoms with Crippen molar-refractivity contribution in [1.82, 2.24) is 4.73 Å². The van der Waals surface area contributed by atoms with E-state index in [4.69, 9.17) is 9.47 Å². The predicted octanol–water partition coefficient (Wildman–Crippen LogP) is 1.41. The van der Waals surface area contributed by atoms with Crippen LogP contribution < -0.4 is 4.43 Å². The lowest BCUT2D eigenvalue weighted by Crippen LogP contribution is -2.21. The second-order valence-electron chi connectivity index (χ2n) is 4.66. The van der Waals surface area contributed by atoms with Crippen LogP contribution in [0.5, 0.6) is 0 Å². The number of nitrogens with zero attached hydrogens (tertiary/aromatic N) is 2. The molecule has 0 radical (unpaired) electrons.